The quantitative estimate of drug-likeness (QED) is 0.789. The third kappa shape index (κ3) is 2.89. The summed E-state index contributed by atoms with van der Waals surface area (Å²) in [6.45, 7) is 0.937. The molecule has 1 spiro atoms. The third-order valence-electron chi connectivity index (χ3n) is 5.96. The van der Waals surface area contributed by atoms with Crippen molar-refractivity contribution in [3.63, 3.8) is 0 Å². The van der Waals surface area contributed by atoms with Gasteiger partial charge in [0, 0.05) is 24.6 Å². The first-order chi connectivity index (χ1) is 14.1. The number of ether oxygens (including phenoxy) is 2. The Balaban J connectivity index is 1.36. The smallest absolute Gasteiger partial charge is 0.231 e. The predicted octanol–water partition coefficient (Wildman–Crippen LogP) is 2.01. The number of likely N-dealkylation sites (tertiary alicyclic amines) is 1. The van der Waals surface area contributed by atoms with E-state index >= 15 is 0 Å². The number of benzene rings is 1. The second kappa shape index (κ2) is 6.70. The Hall–Kier alpha value is -3.19. The molecule has 2 bridgehead atoms. The number of aromatic nitrogens is 1. The van der Waals surface area contributed by atoms with Gasteiger partial charge in [0.2, 0.25) is 11.8 Å². The van der Waals surface area contributed by atoms with Crippen LogP contribution < -0.4 is 10.1 Å². The van der Waals surface area contributed by atoms with Crippen molar-refractivity contribution in [3.8, 4) is 5.75 Å². The van der Waals surface area contributed by atoms with E-state index in [1.54, 1.807) is 48.7 Å². The zero-order valence-electron chi connectivity index (χ0n) is 15.9. The van der Waals surface area contributed by atoms with Crippen LogP contribution in [0.2, 0.25) is 0 Å². The van der Waals surface area contributed by atoms with Crippen molar-refractivity contribution >= 4 is 17.5 Å². The Morgan fingerprint density at radius 3 is 2.76 bits per heavy atom. The molecule has 0 saturated carbocycles. The van der Waals surface area contributed by atoms with Gasteiger partial charge in [0.15, 0.2) is 0 Å². The average Bonchev–Trinajstić information content (AvgIpc) is 3.38. The molecule has 4 atom stereocenters. The number of pyridine rings is 1. The minimum absolute atomic E-state index is 0.0384. The molecule has 29 heavy (non-hydrogen) atoms. The fraction of sp³-hybridized carbons (Fsp3) is 0.318. The summed E-state index contributed by atoms with van der Waals surface area (Å²) in [5, 5.41) is 2.93. The number of rotatable bonds is 5. The molecule has 0 aliphatic carbocycles. The number of carbonyl (C=O) groups excluding carboxylic acids is 2. The molecule has 148 valence electrons. The molecule has 1 aromatic heterocycles. The SMILES string of the molecule is COc1ccc(NC(=O)[C@H]2[C@H]3C=C[C@@]4(CN(Cc5ccncc5)C(=O)[C@@H]24)O3)cc1. The van der Waals surface area contributed by atoms with Gasteiger partial charge in [0.05, 0.1) is 31.6 Å². The average molecular weight is 391 g/mol. The van der Waals surface area contributed by atoms with Gasteiger partial charge in [0.1, 0.15) is 11.4 Å². The normalized spacial score (nSPS) is 29.2. The van der Waals surface area contributed by atoms with Crippen molar-refractivity contribution < 1.29 is 19.1 Å². The molecule has 0 radical (unpaired) electrons. The summed E-state index contributed by atoms with van der Waals surface area (Å²) in [5.41, 5.74) is 0.953. The molecule has 0 unspecified atom stereocenters. The van der Waals surface area contributed by atoms with Crippen LogP contribution in [-0.4, -0.2) is 47.1 Å². The molecule has 1 N–H and O–H groups in total. The second-order valence-electron chi connectivity index (χ2n) is 7.67. The molecule has 7 heteroatoms. The van der Waals surface area contributed by atoms with Crippen molar-refractivity contribution in [2.45, 2.75) is 18.2 Å². The van der Waals surface area contributed by atoms with Crippen LogP contribution in [0.25, 0.3) is 0 Å². The first-order valence-electron chi connectivity index (χ1n) is 9.59. The molecule has 2 amide bonds. The van der Waals surface area contributed by atoms with Crippen molar-refractivity contribution in [2.24, 2.45) is 11.8 Å². The molecule has 5 rings (SSSR count). The second-order valence-corrected chi connectivity index (χ2v) is 7.67. The summed E-state index contributed by atoms with van der Waals surface area (Å²) in [6, 6.07) is 10.9. The van der Waals surface area contributed by atoms with E-state index in [0.717, 1.165) is 5.56 Å². The largest absolute Gasteiger partial charge is 0.497 e. The van der Waals surface area contributed by atoms with E-state index in [4.69, 9.17) is 9.47 Å². The summed E-state index contributed by atoms with van der Waals surface area (Å²) in [5.74, 6) is -0.570. The molecule has 1 aromatic carbocycles. The molecule has 4 heterocycles. The lowest BCUT2D eigenvalue weighted by Crippen LogP contribution is -2.41. The van der Waals surface area contributed by atoms with E-state index in [9.17, 15) is 9.59 Å². The molecule has 2 saturated heterocycles. The zero-order chi connectivity index (χ0) is 20.0. The molecule has 7 nitrogen and oxygen atoms in total. The first kappa shape index (κ1) is 17.9. The minimum Gasteiger partial charge on any atom is -0.497 e. The number of hydrogen-bond acceptors (Lipinski definition) is 5. The number of carbonyl (C=O) groups is 2. The van der Waals surface area contributed by atoms with E-state index in [1.165, 1.54) is 0 Å². The molecule has 3 aliphatic rings. The fourth-order valence-corrected chi connectivity index (χ4v) is 4.62. The van der Waals surface area contributed by atoms with Gasteiger partial charge in [0.25, 0.3) is 0 Å². The van der Waals surface area contributed by atoms with Gasteiger partial charge in [-0.15, -0.1) is 0 Å². The van der Waals surface area contributed by atoms with Gasteiger partial charge in [-0.1, -0.05) is 12.2 Å². The van der Waals surface area contributed by atoms with Gasteiger partial charge in [-0.2, -0.15) is 0 Å². The molecule has 2 fully saturated rings. The lowest BCUT2D eigenvalue weighted by atomic mass is 9.77. The molecule has 2 aromatic rings. The molecular weight excluding hydrogens is 370 g/mol. The van der Waals surface area contributed by atoms with E-state index in [1.807, 2.05) is 24.3 Å². The van der Waals surface area contributed by atoms with Gasteiger partial charge in [-0.05, 0) is 42.0 Å². The van der Waals surface area contributed by atoms with Crippen LogP contribution in [0.4, 0.5) is 5.69 Å². The fourth-order valence-electron chi connectivity index (χ4n) is 4.62. The van der Waals surface area contributed by atoms with Gasteiger partial charge in [-0.3, -0.25) is 14.6 Å². The van der Waals surface area contributed by atoms with Gasteiger partial charge in [-0.25, -0.2) is 0 Å². The summed E-state index contributed by atoms with van der Waals surface area (Å²) < 4.78 is 11.3. The van der Waals surface area contributed by atoms with Crippen molar-refractivity contribution in [1.29, 1.82) is 0 Å². The van der Waals surface area contributed by atoms with E-state index in [-0.39, 0.29) is 17.9 Å². The molecular formula is C22H21N3O4. The molecule has 3 aliphatic heterocycles. The van der Waals surface area contributed by atoms with Crippen LogP contribution in [0.1, 0.15) is 5.56 Å². The van der Waals surface area contributed by atoms with Crippen molar-refractivity contribution in [1.82, 2.24) is 9.88 Å². The van der Waals surface area contributed by atoms with Crippen molar-refractivity contribution in [3.05, 3.63) is 66.5 Å². The van der Waals surface area contributed by atoms with Crippen LogP contribution in [0.3, 0.4) is 0 Å². The van der Waals surface area contributed by atoms with Gasteiger partial charge < -0.3 is 19.7 Å². The zero-order valence-corrected chi connectivity index (χ0v) is 15.9. The Labute approximate surface area is 168 Å². The monoisotopic (exact) mass is 391 g/mol. The topological polar surface area (TPSA) is 80.8 Å². The highest BCUT2D eigenvalue weighted by molar-refractivity contribution is 5.99. The van der Waals surface area contributed by atoms with Crippen LogP contribution in [0, 0.1) is 11.8 Å². The van der Waals surface area contributed by atoms with E-state index < -0.39 is 17.4 Å². The Morgan fingerprint density at radius 1 is 1.28 bits per heavy atom. The van der Waals surface area contributed by atoms with Crippen LogP contribution in [0.5, 0.6) is 5.75 Å². The Bertz CT molecular complexity index is 975. The number of amides is 2. The standard InChI is InChI=1S/C22H21N3O4/c1-28-16-4-2-15(3-5-16)24-20(26)18-17-6-9-22(29-17)13-25(21(27)19(18)22)12-14-7-10-23-11-8-14/h2-11,17-19H,12-13H2,1H3,(H,24,26)/t17-,18+,19-,22+/m1/s1. The Morgan fingerprint density at radius 2 is 2.03 bits per heavy atom. The summed E-state index contributed by atoms with van der Waals surface area (Å²) in [4.78, 5) is 32.1. The lowest BCUT2D eigenvalue weighted by molar-refractivity contribution is -0.136. The van der Waals surface area contributed by atoms with Gasteiger partial charge >= 0.3 is 0 Å². The summed E-state index contributed by atoms with van der Waals surface area (Å²) >= 11 is 0. The highest BCUT2D eigenvalue weighted by atomic mass is 16.5. The van der Waals surface area contributed by atoms with Crippen LogP contribution in [0.15, 0.2) is 60.9 Å². The Kier molecular flexibility index (Phi) is 4.13. The number of nitrogens with one attached hydrogen (secondary N) is 1. The lowest BCUT2D eigenvalue weighted by Gasteiger charge is -2.23. The predicted molar refractivity (Wildman–Crippen MR) is 105 cm³/mol. The number of methoxy groups -OCH3 is 1. The number of anilines is 1. The highest BCUT2D eigenvalue weighted by Gasteiger charge is 2.66. The number of hydrogen-bond donors (Lipinski definition) is 1. The summed E-state index contributed by atoms with van der Waals surface area (Å²) in [7, 11) is 1.59. The minimum atomic E-state index is -0.712. The highest BCUT2D eigenvalue weighted by Crippen LogP contribution is 2.52. The van der Waals surface area contributed by atoms with Crippen LogP contribution in [-0.2, 0) is 20.9 Å². The first-order valence-corrected chi connectivity index (χ1v) is 9.59. The van der Waals surface area contributed by atoms with Crippen LogP contribution >= 0.6 is 0 Å². The van der Waals surface area contributed by atoms with Crippen molar-refractivity contribution in [2.75, 3.05) is 19.0 Å². The number of nitrogens with zero attached hydrogens (tertiary/aromatic N) is 2. The van der Waals surface area contributed by atoms with E-state index in [2.05, 4.69) is 10.3 Å². The maximum atomic E-state index is 13.2. The van der Waals surface area contributed by atoms with E-state index in [0.29, 0.717) is 24.5 Å². The summed E-state index contributed by atoms with van der Waals surface area (Å²) in [6.07, 6.45) is 6.93. The third-order valence-corrected chi connectivity index (χ3v) is 5.96. The maximum absolute atomic E-state index is 13.2. The maximum Gasteiger partial charge on any atom is 0.231 e. The number of fused-ring (bicyclic) bond motifs is 1.